The number of alkyl halides is 1. The van der Waals surface area contributed by atoms with E-state index in [1.807, 2.05) is 0 Å². The maximum absolute atomic E-state index is 13.7. The van der Waals surface area contributed by atoms with Gasteiger partial charge in [-0.1, -0.05) is 35.2 Å². The van der Waals surface area contributed by atoms with Crippen LogP contribution in [-0.4, -0.2) is 87.9 Å². The van der Waals surface area contributed by atoms with E-state index < -0.39 is 52.8 Å². The second kappa shape index (κ2) is 21.1. The normalized spacial score (nSPS) is 13.0. The molecule has 14 nitrogen and oxygen atoms in total. The molecule has 0 aromatic heterocycles. The van der Waals surface area contributed by atoms with Gasteiger partial charge in [-0.2, -0.15) is 4.90 Å². The zero-order valence-electron chi connectivity index (χ0n) is 33.7. The maximum atomic E-state index is 13.7. The zero-order chi connectivity index (χ0) is 40.6. The lowest BCUT2D eigenvalue weighted by atomic mass is 10.1. The molecule has 0 aliphatic carbocycles. The minimum atomic E-state index is -0.996. The van der Waals surface area contributed by atoms with Crippen molar-refractivity contribution < 1.29 is 42.9 Å². The van der Waals surface area contributed by atoms with E-state index in [1.165, 1.54) is 0 Å². The molecule has 300 valence electrons. The van der Waals surface area contributed by atoms with Gasteiger partial charge in [0.1, 0.15) is 39.8 Å². The van der Waals surface area contributed by atoms with Crippen molar-refractivity contribution in [2.75, 3.05) is 18.5 Å². The van der Waals surface area contributed by atoms with Gasteiger partial charge in [0.25, 0.3) is 0 Å². The fraction of sp³-hybridized carbons (Fsp3) is 0.684. The third kappa shape index (κ3) is 21.4. The van der Waals surface area contributed by atoms with Gasteiger partial charge in [-0.25, -0.2) is 19.2 Å². The van der Waals surface area contributed by atoms with Gasteiger partial charge in [-0.05, 0) is 120 Å². The molecule has 1 rings (SSSR count). The zero-order valence-corrected chi connectivity index (χ0v) is 35.3. The molecule has 0 bridgehead atoms. The van der Waals surface area contributed by atoms with Gasteiger partial charge in [0, 0.05) is 23.9 Å². The molecule has 0 radical (unpaired) electrons. The van der Waals surface area contributed by atoms with Gasteiger partial charge in [0.2, 0.25) is 0 Å². The molecule has 0 spiro atoms. The highest BCUT2D eigenvalue weighted by molar-refractivity contribution is 9.09. The molecule has 0 heterocycles. The molecule has 0 aliphatic rings. The van der Waals surface area contributed by atoms with Gasteiger partial charge >= 0.3 is 24.4 Å². The van der Waals surface area contributed by atoms with E-state index >= 15 is 0 Å². The Labute approximate surface area is 324 Å². The molecule has 1 atom stereocenters. The first-order chi connectivity index (χ1) is 24.3. The number of imide groups is 1. The minimum absolute atomic E-state index is 0.0415. The van der Waals surface area contributed by atoms with Crippen LogP contribution in [0.1, 0.15) is 127 Å². The fourth-order valence-corrected chi connectivity index (χ4v) is 4.77. The molecule has 1 aromatic carbocycles. The van der Waals surface area contributed by atoms with Gasteiger partial charge in [-0.3, -0.25) is 15.7 Å². The van der Waals surface area contributed by atoms with Crippen molar-refractivity contribution in [1.29, 1.82) is 5.41 Å². The standard InChI is InChI=1S/C38H62BrN5O9/c1-35(2,3)50-31(45)42-28(18-15-13-14-16-23-39)30(44(33(47)52-37(7,8)9)34(48)53-38(10,11)12)41-24-17-25-49-27-21-19-26(20-22-27)29(40)43-32(46)51-36(4,5)6/h19-22,28H,13-18,23-25H2,1-12H3,(H,42,45)(H2,40,43,46). The first-order valence-electron chi connectivity index (χ1n) is 18.0. The number of hydrogen-bond acceptors (Lipinski definition) is 11. The molecule has 4 amide bonds. The van der Waals surface area contributed by atoms with Crippen LogP contribution in [0.4, 0.5) is 19.2 Å². The Balaban J connectivity index is 3.37. The number of nitrogens with one attached hydrogen (secondary N) is 3. The highest BCUT2D eigenvalue weighted by Crippen LogP contribution is 2.20. The number of nitrogens with zero attached hydrogens (tertiary/aromatic N) is 2. The molecule has 1 unspecified atom stereocenters. The number of amides is 4. The summed E-state index contributed by atoms with van der Waals surface area (Å²) in [5.74, 6) is 0.352. The summed E-state index contributed by atoms with van der Waals surface area (Å²) in [5, 5.41) is 14.3. The second-order valence-electron chi connectivity index (χ2n) is 16.4. The van der Waals surface area contributed by atoms with Gasteiger partial charge in [0.15, 0.2) is 0 Å². The van der Waals surface area contributed by atoms with Crippen molar-refractivity contribution in [2.45, 2.75) is 150 Å². The Hall–Kier alpha value is -3.88. The van der Waals surface area contributed by atoms with Crippen LogP contribution in [0.15, 0.2) is 29.3 Å². The van der Waals surface area contributed by atoms with Crippen molar-refractivity contribution in [3.05, 3.63) is 29.8 Å². The second-order valence-corrected chi connectivity index (χ2v) is 17.1. The monoisotopic (exact) mass is 811 g/mol. The Morgan fingerprint density at radius 3 is 1.70 bits per heavy atom. The summed E-state index contributed by atoms with van der Waals surface area (Å²) in [4.78, 5) is 58.1. The van der Waals surface area contributed by atoms with E-state index in [2.05, 4.69) is 26.6 Å². The fourth-order valence-electron chi connectivity index (χ4n) is 4.37. The number of rotatable bonds is 14. The summed E-state index contributed by atoms with van der Waals surface area (Å²) in [7, 11) is 0. The number of amidine groups is 2. The number of alkyl carbamates (subject to hydrolysis) is 2. The molecule has 1 aromatic rings. The van der Waals surface area contributed by atoms with E-state index in [4.69, 9.17) is 34.1 Å². The number of ether oxygens (including phenoxy) is 5. The topological polar surface area (TPSA) is 178 Å². The van der Waals surface area contributed by atoms with Crippen LogP contribution in [0.5, 0.6) is 5.75 Å². The van der Waals surface area contributed by atoms with E-state index in [9.17, 15) is 19.2 Å². The van der Waals surface area contributed by atoms with Crippen LogP contribution in [0.25, 0.3) is 0 Å². The summed E-state index contributed by atoms with van der Waals surface area (Å²) in [6, 6.07) is 5.69. The van der Waals surface area contributed by atoms with Crippen molar-refractivity contribution in [3.63, 3.8) is 0 Å². The average Bonchev–Trinajstić information content (AvgIpc) is 2.96. The minimum Gasteiger partial charge on any atom is -0.494 e. The number of halogens is 1. The summed E-state index contributed by atoms with van der Waals surface area (Å²) in [5.41, 5.74) is -2.96. The van der Waals surface area contributed by atoms with Gasteiger partial charge < -0.3 is 29.0 Å². The lowest BCUT2D eigenvalue weighted by molar-refractivity contribution is 0.0133. The molecular formula is C38H62BrN5O9. The number of unbranched alkanes of at least 4 members (excludes halogenated alkanes) is 3. The highest BCUT2D eigenvalue weighted by Gasteiger charge is 2.39. The number of benzene rings is 1. The number of carbonyl (C=O) groups excluding carboxylic acids is 4. The van der Waals surface area contributed by atoms with Gasteiger partial charge in [-0.15, -0.1) is 0 Å². The SMILES string of the molecule is CC(C)(C)OC(=O)NC(=N)c1ccc(OCCCN=C(C(CCCCCCBr)NC(=O)OC(C)(C)C)N(C(=O)OC(C)(C)C)C(=O)OC(C)(C)C)cc1. The molecule has 53 heavy (non-hydrogen) atoms. The predicted octanol–water partition coefficient (Wildman–Crippen LogP) is 9.11. The van der Waals surface area contributed by atoms with Crippen LogP contribution < -0.4 is 15.4 Å². The van der Waals surface area contributed by atoms with E-state index in [-0.39, 0.29) is 24.8 Å². The van der Waals surface area contributed by atoms with Crippen LogP contribution in [0, 0.1) is 5.41 Å². The van der Waals surface area contributed by atoms with Crippen LogP contribution in [-0.2, 0) is 18.9 Å². The summed E-state index contributed by atoms with van der Waals surface area (Å²) in [6.45, 7) is 20.8. The summed E-state index contributed by atoms with van der Waals surface area (Å²) >= 11 is 3.45. The van der Waals surface area contributed by atoms with Crippen molar-refractivity contribution in [3.8, 4) is 5.75 Å². The quantitative estimate of drug-likeness (QED) is 0.0543. The van der Waals surface area contributed by atoms with Crippen LogP contribution >= 0.6 is 15.9 Å². The summed E-state index contributed by atoms with van der Waals surface area (Å²) in [6.07, 6.45) is 0.682. The lowest BCUT2D eigenvalue weighted by Crippen LogP contribution is -2.55. The van der Waals surface area contributed by atoms with E-state index in [0.29, 0.717) is 30.6 Å². The Bertz CT molecular complexity index is 1360. The number of hydrogen-bond donors (Lipinski definition) is 3. The number of aliphatic imine (C=N–C) groups is 1. The molecular weight excluding hydrogens is 750 g/mol. The molecule has 0 saturated carbocycles. The maximum Gasteiger partial charge on any atom is 0.425 e. The largest absolute Gasteiger partial charge is 0.494 e. The molecule has 0 saturated heterocycles. The van der Waals surface area contributed by atoms with Crippen molar-refractivity contribution >= 4 is 52.0 Å². The predicted molar refractivity (Wildman–Crippen MR) is 209 cm³/mol. The third-order valence-corrected chi connectivity index (χ3v) is 6.93. The summed E-state index contributed by atoms with van der Waals surface area (Å²) < 4.78 is 28.0. The highest BCUT2D eigenvalue weighted by atomic mass is 79.9. The molecule has 0 fully saturated rings. The van der Waals surface area contributed by atoms with Gasteiger partial charge in [0.05, 0.1) is 12.6 Å². The first kappa shape index (κ1) is 47.1. The van der Waals surface area contributed by atoms with Crippen molar-refractivity contribution in [1.82, 2.24) is 15.5 Å². The molecule has 0 aliphatic heterocycles. The Morgan fingerprint density at radius 1 is 0.717 bits per heavy atom. The number of carbonyl (C=O) groups is 4. The van der Waals surface area contributed by atoms with Crippen LogP contribution in [0.3, 0.4) is 0 Å². The third-order valence-electron chi connectivity index (χ3n) is 6.37. The average molecular weight is 813 g/mol. The molecule has 15 heteroatoms. The first-order valence-corrected chi connectivity index (χ1v) is 19.1. The smallest absolute Gasteiger partial charge is 0.425 e. The molecule has 3 N–H and O–H groups in total. The Morgan fingerprint density at radius 2 is 1.21 bits per heavy atom. The Kier molecular flexibility index (Phi) is 18.8. The van der Waals surface area contributed by atoms with E-state index in [1.54, 1.807) is 107 Å². The van der Waals surface area contributed by atoms with Crippen molar-refractivity contribution in [2.24, 2.45) is 4.99 Å². The lowest BCUT2D eigenvalue weighted by Gasteiger charge is -2.32. The van der Waals surface area contributed by atoms with E-state index in [0.717, 1.165) is 29.5 Å². The van der Waals surface area contributed by atoms with Crippen LogP contribution in [0.2, 0.25) is 0 Å².